The van der Waals surface area contributed by atoms with Crippen LogP contribution in [0.3, 0.4) is 0 Å². The average molecular weight is 310 g/mol. The number of hydrogen-bond acceptors (Lipinski definition) is 3. The van der Waals surface area contributed by atoms with Crippen molar-refractivity contribution < 1.29 is 14.3 Å². The summed E-state index contributed by atoms with van der Waals surface area (Å²) in [6, 6.07) is 0. The molecule has 0 amide bonds. The molecule has 2 fully saturated rings. The number of carbonyl (C=O) groups excluding carboxylic acids is 1. The first kappa shape index (κ1) is 17.8. The Hall–Kier alpha value is -0.570. The maximum absolute atomic E-state index is 11.2. The van der Waals surface area contributed by atoms with E-state index in [1.165, 1.54) is 83.5 Å². The van der Waals surface area contributed by atoms with Gasteiger partial charge in [0.2, 0.25) is 0 Å². The molecule has 0 aromatic carbocycles. The molecule has 2 aliphatic heterocycles. The van der Waals surface area contributed by atoms with Gasteiger partial charge in [-0.3, -0.25) is 0 Å². The molecule has 3 nitrogen and oxygen atoms in total. The Balaban J connectivity index is 1.27. The van der Waals surface area contributed by atoms with E-state index in [1.54, 1.807) is 0 Å². The van der Waals surface area contributed by atoms with Crippen LogP contribution in [-0.2, 0) is 14.3 Å². The van der Waals surface area contributed by atoms with E-state index >= 15 is 0 Å². The Bertz CT molecular complexity index is 316. The van der Waals surface area contributed by atoms with Crippen LogP contribution < -0.4 is 0 Å². The van der Waals surface area contributed by atoms with Crippen molar-refractivity contribution in [2.75, 3.05) is 0 Å². The highest BCUT2D eigenvalue weighted by atomic mass is 16.7. The number of cyclic esters (lactones) is 1. The second-order valence-corrected chi connectivity index (χ2v) is 7.03. The van der Waals surface area contributed by atoms with Crippen molar-refractivity contribution in [3.63, 3.8) is 0 Å². The standard InChI is InChI=1S/C19H34O3/c1-2-3-4-5-6-7-8-9-10-11-12-13-14-15-16-17-18(22-17)19(20)21-16/h16-18H,2-15H2,1H3/t16-,17-,18-/m1/s1. The van der Waals surface area contributed by atoms with Crippen LogP contribution in [0.25, 0.3) is 0 Å². The summed E-state index contributed by atoms with van der Waals surface area (Å²) in [5.74, 6) is -0.135. The van der Waals surface area contributed by atoms with E-state index in [1.807, 2.05) is 0 Å². The molecular formula is C19H34O3. The van der Waals surface area contributed by atoms with Crippen molar-refractivity contribution in [2.45, 2.75) is 115 Å². The number of carbonyl (C=O) groups is 1. The third-order valence-electron chi connectivity index (χ3n) is 4.98. The van der Waals surface area contributed by atoms with Gasteiger partial charge in [0.25, 0.3) is 0 Å². The van der Waals surface area contributed by atoms with Crippen LogP contribution in [0.1, 0.15) is 96.8 Å². The maximum atomic E-state index is 11.2. The molecule has 0 unspecified atom stereocenters. The van der Waals surface area contributed by atoms with Gasteiger partial charge in [0.1, 0.15) is 12.2 Å². The Kier molecular flexibility index (Phi) is 8.28. The summed E-state index contributed by atoms with van der Waals surface area (Å²) >= 11 is 0. The molecule has 0 spiro atoms. The average Bonchev–Trinajstić information content (AvgIpc) is 3.25. The van der Waals surface area contributed by atoms with Crippen LogP contribution in [0.2, 0.25) is 0 Å². The highest BCUT2D eigenvalue weighted by Gasteiger charge is 2.58. The van der Waals surface area contributed by atoms with Crippen molar-refractivity contribution in [1.82, 2.24) is 0 Å². The fourth-order valence-corrected chi connectivity index (χ4v) is 3.47. The molecule has 22 heavy (non-hydrogen) atoms. The Morgan fingerprint density at radius 1 is 0.773 bits per heavy atom. The van der Waals surface area contributed by atoms with Gasteiger partial charge in [-0.15, -0.1) is 0 Å². The van der Waals surface area contributed by atoms with Crippen molar-refractivity contribution in [1.29, 1.82) is 0 Å². The summed E-state index contributed by atoms with van der Waals surface area (Å²) in [5.41, 5.74) is 0. The summed E-state index contributed by atoms with van der Waals surface area (Å²) in [5, 5.41) is 0. The van der Waals surface area contributed by atoms with Crippen LogP contribution in [0.5, 0.6) is 0 Å². The van der Waals surface area contributed by atoms with Crippen LogP contribution in [-0.4, -0.2) is 24.3 Å². The van der Waals surface area contributed by atoms with Crippen molar-refractivity contribution >= 4 is 5.97 Å². The predicted octanol–water partition coefficient (Wildman–Crippen LogP) is 5.16. The van der Waals surface area contributed by atoms with Crippen molar-refractivity contribution in [3.05, 3.63) is 0 Å². The smallest absolute Gasteiger partial charge is 0.338 e. The molecule has 0 aliphatic carbocycles. The normalized spacial score (nSPS) is 26.0. The second-order valence-electron chi connectivity index (χ2n) is 7.03. The number of fused-ring (bicyclic) bond motifs is 1. The van der Waals surface area contributed by atoms with Crippen molar-refractivity contribution in [2.24, 2.45) is 0 Å². The molecule has 0 aromatic heterocycles. The SMILES string of the molecule is CCCCCCCCCCCCCCC[C@H]1OC(=O)[C@@H]2O[C@H]12. The number of rotatable bonds is 14. The molecule has 2 aliphatic rings. The van der Waals surface area contributed by atoms with Gasteiger partial charge in [0.05, 0.1) is 0 Å². The quantitative estimate of drug-likeness (QED) is 0.253. The first-order valence-electron chi connectivity index (χ1n) is 9.69. The molecule has 0 aromatic rings. The minimum atomic E-state index is -0.202. The number of hydrogen-bond donors (Lipinski definition) is 0. The van der Waals surface area contributed by atoms with E-state index in [2.05, 4.69) is 6.92 Å². The minimum absolute atomic E-state index is 0.0604. The third kappa shape index (κ3) is 6.28. The molecule has 3 heteroatoms. The highest BCUT2D eigenvalue weighted by Crippen LogP contribution is 2.37. The summed E-state index contributed by atoms with van der Waals surface area (Å²) in [6.07, 6.45) is 18.8. The fourth-order valence-electron chi connectivity index (χ4n) is 3.47. The molecule has 0 N–H and O–H groups in total. The molecule has 0 radical (unpaired) electrons. The van der Waals surface area contributed by atoms with Gasteiger partial charge in [0.15, 0.2) is 6.10 Å². The van der Waals surface area contributed by atoms with Gasteiger partial charge in [0, 0.05) is 0 Å². The summed E-state index contributed by atoms with van der Waals surface area (Å²) in [6.45, 7) is 2.27. The van der Waals surface area contributed by atoms with Crippen molar-refractivity contribution in [3.8, 4) is 0 Å². The van der Waals surface area contributed by atoms with E-state index in [0.717, 1.165) is 6.42 Å². The molecule has 2 rings (SSSR count). The van der Waals surface area contributed by atoms with Gasteiger partial charge in [-0.05, 0) is 12.8 Å². The van der Waals surface area contributed by atoms with E-state index in [9.17, 15) is 4.79 Å². The van der Waals surface area contributed by atoms with Gasteiger partial charge in [-0.2, -0.15) is 0 Å². The zero-order valence-electron chi connectivity index (χ0n) is 14.4. The second kappa shape index (κ2) is 10.3. The van der Waals surface area contributed by atoms with E-state index < -0.39 is 0 Å². The van der Waals surface area contributed by atoms with Gasteiger partial charge in [-0.25, -0.2) is 4.79 Å². The lowest BCUT2D eigenvalue weighted by Gasteiger charge is -2.10. The topological polar surface area (TPSA) is 38.8 Å². The number of epoxide rings is 1. The Labute approximate surface area is 136 Å². The predicted molar refractivity (Wildman–Crippen MR) is 88.9 cm³/mol. The summed E-state index contributed by atoms with van der Waals surface area (Å²) < 4.78 is 10.5. The summed E-state index contributed by atoms with van der Waals surface area (Å²) in [7, 11) is 0. The molecular weight excluding hydrogens is 276 g/mol. The molecule has 3 atom stereocenters. The first-order chi connectivity index (χ1) is 10.8. The van der Waals surface area contributed by atoms with E-state index in [0.29, 0.717) is 0 Å². The Morgan fingerprint density at radius 2 is 1.27 bits per heavy atom. The minimum Gasteiger partial charge on any atom is -0.457 e. The van der Waals surface area contributed by atoms with Crippen LogP contribution in [0.4, 0.5) is 0 Å². The van der Waals surface area contributed by atoms with Gasteiger partial charge < -0.3 is 9.47 Å². The zero-order valence-corrected chi connectivity index (χ0v) is 14.4. The number of esters is 1. The summed E-state index contributed by atoms with van der Waals surface area (Å²) in [4.78, 5) is 11.2. The van der Waals surface area contributed by atoms with E-state index in [4.69, 9.17) is 9.47 Å². The van der Waals surface area contributed by atoms with Gasteiger partial charge in [-0.1, -0.05) is 84.0 Å². The molecule has 0 bridgehead atoms. The largest absolute Gasteiger partial charge is 0.457 e. The molecule has 128 valence electrons. The number of unbranched alkanes of at least 4 members (excludes halogenated alkanes) is 12. The monoisotopic (exact) mass is 310 g/mol. The lowest BCUT2D eigenvalue weighted by atomic mass is 10.0. The van der Waals surface area contributed by atoms with Crippen LogP contribution in [0.15, 0.2) is 0 Å². The van der Waals surface area contributed by atoms with E-state index in [-0.39, 0.29) is 24.3 Å². The fraction of sp³-hybridized carbons (Fsp3) is 0.947. The third-order valence-corrected chi connectivity index (χ3v) is 4.98. The lowest BCUT2D eigenvalue weighted by molar-refractivity contribution is -0.149. The zero-order chi connectivity index (χ0) is 15.6. The molecule has 0 saturated carbocycles. The highest BCUT2D eigenvalue weighted by molar-refractivity contribution is 5.81. The molecule has 2 heterocycles. The van der Waals surface area contributed by atoms with Crippen LogP contribution in [0, 0.1) is 0 Å². The number of ether oxygens (including phenoxy) is 2. The molecule has 2 saturated heterocycles. The first-order valence-corrected chi connectivity index (χ1v) is 9.69. The maximum Gasteiger partial charge on any atom is 0.338 e. The van der Waals surface area contributed by atoms with Crippen LogP contribution >= 0.6 is 0 Å². The van der Waals surface area contributed by atoms with Gasteiger partial charge >= 0.3 is 5.97 Å². The Morgan fingerprint density at radius 3 is 1.68 bits per heavy atom. The lowest BCUT2D eigenvalue weighted by Crippen LogP contribution is -2.15.